The van der Waals surface area contributed by atoms with Gasteiger partial charge in [-0.2, -0.15) is 0 Å². The van der Waals surface area contributed by atoms with Crippen molar-refractivity contribution in [2.75, 3.05) is 26.7 Å². The minimum Gasteiger partial charge on any atom is -0.393 e. The van der Waals surface area contributed by atoms with Gasteiger partial charge in [0.15, 0.2) is 0 Å². The van der Waals surface area contributed by atoms with Crippen molar-refractivity contribution in [1.82, 2.24) is 4.90 Å². The first kappa shape index (κ1) is 11.9. The van der Waals surface area contributed by atoms with Crippen LogP contribution in [-0.2, 0) is 4.74 Å². The van der Waals surface area contributed by atoms with Gasteiger partial charge in [0.25, 0.3) is 0 Å². The summed E-state index contributed by atoms with van der Waals surface area (Å²) < 4.78 is 5.65. The Morgan fingerprint density at radius 3 is 2.93 bits per heavy atom. The number of hydrogen-bond acceptors (Lipinski definition) is 3. The molecule has 0 spiro atoms. The molecule has 0 aromatic rings. The minimum atomic E-state index is 0.417. The Morgan fingerprint density at radius 2 is 2.36 bits per heavy atom. The van der Waals surface area contributed by atoms with E-state index >= 15 is 0 Å². The van der Waals surface area contributed by atoms with Gasteiger partial charge >= 0.3 is 0 Å². The van der Waals surface area contributed by atoms with Crippen molar-refractivity contribution in [3.05, 3.63) is 0 Å². The number of nitrogens with two attached hydrogens (primary N) is 1. The highest BCUT2D eigenvalue weighted by Crippen LogP contribution is 2.13. The summed E-state index contributed by atoms with van der Waals surface area (Å²) in [5, 5.41) is 0. The van der Waals surface area contributed by atoms with Crippen LogP contribution in [0.3, 0.4) is 0 Å². The Morgan fingerprint density at radius 1 is 1.57 bits per heavy atom. The largest absolute Gasteiger partial charge is 0.393 e. The van der Waals surface area contributed by atoms with Crippen molar-refractivity contribution in [2.24, 2.45) is 5.73 Å². The summed E-state index contributed by atoms with van der Waals surface area (Å²) >= 11 is 4.84. The molecule has 0 aromatic carbocycles. The van der Waals surface area contributed by atoms with Gasteiger partial charge in [-0.15, -0.1) is 0 Å². The molecule has 4 heteroatoms. The second-order valence-electron chi connectivity index (χ2n) is 3.97. The van der Waals surface area contributed by atoms with Crippen LogP contribution in [0.1, 0.15) is 25.7 Å². The van der Waals surface area contributed by atoms with Crippen LogP contribution in [0.25, 0.3) is 0 Å². The zero-order valence-electron chi connectivity index (χ0n) is 8.87. The van der Waals surface area contributed by atoms with Crippen LogP contribution in [-0.4, -0.2) is 42.7 Å². The molecule has 14 heavy (non-hydrogen) atoms. The first-order chi connectivity index (χ1) is 6.68. The summed E-state index contributed by atoms with van der Waals surface area (Å²) in [6.07, 6.45) is 4.93. The molecule has 2 N–H and O–H groups in total. The summed E-state index contributed by atoms with van der Waals surface area (Å²) in [5.74, 6) is 0. The quantitative estimate of drug-likeness (QED) is 0.700. The Kier molecular flexibility index (Phi) is 5.37. The predicted molar refractivity (Wildman–Crippen MR) is 62.5 cm³/mol. The zero-order chi connectivity index (χ0) is 10.4. The van der Waals surface area contributed by atoms with Crippen LogP contribution >= 0.6 is 12.2 Å². The van der Waals surface area contributed by atoms with E-state index in [9.17, 15) is 0 Å². The van der Waals surface area contributed by atoms with Crippen molar-refractivity contribution in [3.8, 4) is 0 Å². The fourth-order valence-electron chi connectivity index (χ4n) is 1.69. The van der Waals surface area contributed by atoms with E-state index in [2.05, 4.69) is 11.9 Å². The first-order valence-corrected chi connectivity index (χ1v) is 5.68. The third-order valence-electron chi connectivity index (χ3n) is 2.53. The van der Waals surface area contributed by atoms with Crippen LogP contribution in [0.4, 0.5) is 0 Å². The summed E-state index contributed by atoms with van der Waals surface area (Å²) in [4.78, 5) is 2.84. The Hall–Kier alpha value is -0.190. The van der Waals surface area contributed by atoms with Crippen LogP contribution in [0, 0.1) is 0 Å². The molecule has 0 amide bonds. The van der Waals surface area contributed by atoms with Gasteiger partial charge in [0.1, 0.15) is 0 Å². The molecule has 0 radical (unpaired) electrons. The lowest BCUT2D eigenvalue weighted by Crippen LogP contribution is -2.34. The summed E-state index contributed by atoms with van der Waals surface area (Å²) in [6, 6.07) is 0. The molecule has 0 aromatic heterocycles. The number of hydrogen-bond donors (Lipinski definition) is 1. The Balaban J connectivity index is 2.11. The molecular formula is C10H20N2OS. The minimum absolute atomic E-state index is 0.417. The molecule has 1 atom stereocenters. The van der Waals surface area contributed by atoms with Gasteiger partial charge in [-0.25, -0.2) is 0 Å². The lowest BCUT2D eigenvalue weighted by atomic mass is 10.1. The average molecular weight is 216 g/mol. The van der Waals surface area contributed by atoms with E-state index in [1.807, 2.05) is 0 Å². The molecular weight excluding hydrogens is 196 g/mol. The Bertz CT molecular complexity index is 181. The molecule has 0 bridgehead atoms. The van der Waals surface area contributed by atoms with E-state index in [4.69, 9.17) is 22.7 Å². The van der Waals surface area contributed by atoms with Gasteiger partial charge < -0.3 is 15.4 Å². The van der Waals surface area contributed by atoms with E-state index in [-0.39, 0.29) is 0 Å². The van der Waals surface area contributed by atoms with Gasteiger partial charge in [0, 0.05) is 26.1 Å². The maximum Gasteiger partial charge on any atom is 0.0740 e. The maximum absolute atomic E-state index is 5.65. The van der Waals surface area contributed by atoms with Gasteiger partial charge in [-0.05, 0) is 26.3 Å². The van der Waals surface area contributed by atoms with Crippen molar-refractivity contribution >= 4 is 17.2 Å². The fraction of sp³-hybridized carbons (Fsp3) is 0.900. The van der Waals surface area contributed by atoms with Gasteiger partial charge in [-0.1, -0.05) is 12.2 Å². The molecule has 0 saturated carbocycles. The molecule has 1 saturated heterocycles. The highest BCUT2D eigenvalue weighted by molar-refractivity contribution is 7.80. The monoisotopic (exact) mass is 216 g/mol. The van der Waals surface area contributed by atoms with Crippen LogP contribution < -0.4 is 5.73 Å². The van der Waals surface area contributed by atoms with Crippen molar-refractivity contribution in [3.63, 3.8) is 0 Å². The molecule has 0 aliphatic carbocycles. The highest BCUT2D eigenvalue weighted by atomic mass is 32.1. The second kappa shape index (κ2) is 6.32. The topological polar surface area (TPSA) is 38.5 Å². The third-order valence-corrected chi connectivity index (χ3v) is 2.73. The van der Waals surface area contributed by atoms with E-state index in [1.165, 1.54) is 19.3 Å². The standard InChI is InChI=1S/C10H20N2OS/c1-12(6-5-10(11)14)8-9-4-2-3-7-13-9/h9H,2-8H2,1H3,(H2,11,14). The molecule has 1 rings (SSSR count). The summed E-state index contributed by atoms with van der Waals surface area (Å²) in [6.45, 7) is 2.87. The van der Waals surface area contributed by atoms with Gasteiger partial charge in [0.05, 0.1) is 11.1 Å². The highest BCUT2D eigenvalue weighted by Gasteiger charge is 2.15. The van der Waals surface area contributed by atoms with Crippen LogP contribution in [0.2, 0.25) is 0 Å². The molecule has 1 aliphatic heterocycles. The third kappa shape index (κ3) is 4.88. The normalized spacial score (nSPS) is 22.6. The number of thiocarbonyl (C=S) groups is 1. The molecule has 82 valence electrons. The Labute approximate surface area is 91.6 Å². The second-order valence-corrected chi connectivity index (χ2v) is 4.49. The van der Waals surface area contributed by atoms with Crippen LogP contribution in [0.5, 0.6) is 0 Å². The average Bonchev–Trinajstić information content (AvgIpc) is 2.16. The van der Waals surface area contributed by atoms with Gasteiger partial charge in [0.2, 0.25) is 0 Å². The van der Waals surface area contributed by atoms with Crippen LogP contribution in [0.15, 0.2) is 0 Å². The molecule has 1 heterocycles. The number of likely N-dealkylation sites (N-methyl/N-ethyl adjacent to an activating group) is 1. The number of nitrogens with zero attached hydrogens (tertiary/aromatic N) is 1. The van der Waals surface area contributed by atoms with Crippen molar-refractivity contribution in [1.29, 1.82) is 0 Å². The summed E-state index contributed by atoms with van der Waals surface area (Å²) in [5.41, 5.74) is 5.45. The SMILES string of the molecule is CN(CCC(N)=S)CC1CCCCO1. The smallest absolute Gasteiger partial charge is 0.0740 e. The maximum atomic E-state index is 5.65. The lowest BCUT2D eigenvalue weighted by Gasteiger charge is -2.27. The molecule has 3 nitrogen and oxygen atoms in total. The van der Waals surface area contributed by atoms with E-state index in [0.717, 1.165) is 26.1 Å². The van der Waals surface area contributed by atoms with Crippen molar-refractivity contribution < 1.29 is 4.74 Å². The lowest BCUT2D eigenvalue weighted by molar-refractivity contribution is -0.00102. The zero-order valence-corrected chi connectivity index (χ0v) is 9.68. The van der Waals surface area contributed by atoms with E-state index in [1.54, 1.807) is 0 Å². The first-order valence-electron chi connectivity index (χ1n) is 5.27. The van der Waals surface area contributed by atoms with Crippen molar-refractivity contribution in [2.45, 2.75) is 31.8 Å². The number of rotatable bonds is 5. The van der Waals surface area contributed by atoms with Gasteiger partial charge in [-0.3, -0.25) is 0 Å². The summed E-state index contributed by atoms with van der Waals surface area (Å²) in [7, 11) is 2.09. The molecule has 1 aliphatic rings. The fourth-order valence-corrected chi connectivity index (χ4v) is 1.78. The molecule has 1 unspecified atom stereocenters. The van der Waals surface area contributed by atoms with E-state index in [0.29, 0.717) is 11.1 Å². The van der Waals surface area contributed by atoms with E-state index < -0.39 is 0 Å². The predicted octanol–water partition coefficient (Wildman–Crippen LogP) is 1.16. The molecule has 1 fully saturated rings. The number of ether oxygens (including phenoxy) is 1.